The van der Waals surface area contributed by atoms with Crippen molar-refractivity contribution in [2.24, 2.45) is 0 Å². The molecule has 5 heteroatoms. The Morgan fingerprint density at radius 2 is 2.04 bits per heavy atom. The topological polar surface area (TPSA) is 45.7 Å². The molecule has 0 radical (unpaired) electrons. The maximum atomic E-state index is 12.4. The molecule has 0 aliphatic carbocycles. The molecule has 5 rings (SSSR count). The molecule has 1 aromatic heterocycles. The number of carbonyl (C=O) groups is 1. The van der Waals surface area contributed by atoms with Gasteiger partial charge < -0.3 is 9.64 Å². The lowest BCUT2D eigenvalue weighted by Gasteiger charge is -2.42. The molecule has 3 saturated heterocycles. The second-order valence-corrected chi connectivity index (χ2v) is 7.44. The van der Waals surface area contributed by atoms with Gasteiger partial charge in [0.05, 0.1) is 18.3 Å². The average molecular weight is 349 g/mol. The van der Waals surface area contributed by atoms with Crippen molar-refractivity contribution < 1.29 is 9.53 Å². The first kappa shape index (κ1) is 16.0. The maximum Gasteiger partial charge on any atom is 0.226 e. The summed E-state index contributed by atoms with van der Waals surface area (Å²) in [5.41, 5.74) is 3.03. The number of hydrogen-bond donors (Lipinski definition) is 0. The molecule has 134 valence electrons. The molecule has 2 atom stereocenters. The van der Waals surface area contributed by atoms with Crippen LogP contribution in [0.15, 0.2) is 48.7 Å². The van der Waals surface area contributed by atoms with Crippen molar-refractivity contribution >= 4 is 5.91 Å². The van der Waals surface area contributed by atoms with Crippen LogP contribution in [0.4, 0.5) is 0 Å². The zero-order valence-corrected chi connectivity index (χ0v) is 14.8. The summed E-state index contributed by atoms with van der Waals surface area (Å²) in [7, 11) is 0. The van der Waals surface area contributed by atoms with E-state index in [1.54, 1.807) is 0 Å². The minimum atomic E-state index is -0.358. The number of amides is 1. The van der Waals surface area contributed by atoms with Crippen LogP contribution in [-0.4, -0.2) is 52.2 Å². The van der Waals surface area contributed by atoms with Crippen LogP contribution >= 0.6 is 0 Å². The number of aromatic nitrogens is 1. The van der Waals surface area contributed by atoms with Crippen LogP contribution in [0.1, 0.15) is 24.8 Å². The van der Waals surface area contributed by atoms with Gasteiger partial charge in [0, 0.05) is 44.2 Å². The van der Waals surface area contributed by atoms with Gasteiger partial charge in [-0.15, -0.1) is 0 Å². The fourth-order valence-corrected chi connectivity index (χ4v) is 4.77. The Bertz CT molecular complexity index is 808. The third kappa shape index (κ3) is 2.46. The van der Waals surface area contributed by atoms with Gasteiger partial charge in [-0.2, -0.15) is 0 Å². The molecule has 0 saturated carbocycles. The maximum absolute atomic E-state index is 12.4. The van der Waals surface area contributed by atoms with Crippen molar-refractivity contribution in [2.45, 2.75) is 37.6 Å². The van der Waals surface area contributed by atoms with E-state index in [2.05, 4.69) is 34.1 Å². The molecular weight excluding hydrogens is 326 g/mol. The SMILES string of the molecule is O=C1C[C@H]2N(Cc3ccc(-c4ccccn4)cc3)CC[C@]23OCCCN13. The highest BCUT2D eigenvalue weighted by atomic mass is 16.5. The van der Waals surface area contributed by atoms with E-state index in [4.69, 9.17) is 4.74 Å². The lowest BCUT2D eigenvalue weighted by Crippen LogP contribution is -2.56. The van der Waals surface area contributed by atoms with Crippen LogP contribution in [0.25, 0.3) is 11.3 Å². The molecule has 26 heavy (non-hydrogen) atoms. The molecule has 4 heterocycles. The molecule has 1 amide bonds. The predicted molar refractivity (Wildman–Crippen MR) is 98.1 cm³/mol. The summed E-state index contributed by atoms with van der Waals surface area (Å²) in [4.78, 5) is 21.3. The van der Waals surface area contributed by atoms with Gasteiger partial charge >= 0.3 is 0 Å². The number of pyridine rings is 1. The second kappa shape index (κ2) is 6.18. The number of carbonyl (C=O) groups excluding carboxylic acids is 1. The molecule has 0 bridgehead atoms. The van der Waals surface area contributed by atoms with E-state index in [-0.39, 0.29) is 17.7 Å². The first-order chi connectivity index (χ1) is 12.8. The summed E-state index contributed by atoms with van der Waals surface area (Å²) in [5, 5.41) is 0. The fraction of sp³-hybridized carbons (Fsp3) is 0.429. The van der Waals surface area contributed by atoms with E-state index in [1.807, 2.05) is 29.3 Å². The van der Waals surface area contributed by atoms with E-state index in [9.17, 15) is 4.79 Å². The van der Waals surface area contributed by atoms with Gasteiger partial charge in [0.15, 0.2) is 5.72 Å². The average Bonchev–Trinajstić information content (AvgIpc) is 3.16. The lowest BCUT2D eigenvalue weighted by molar-refractivity contribution is -0.180. The number of likely N-dealkylation sites (tertiary alicyclic amines) is 1. The Balaban J connectivity index is 1.34. The quantitative estimate of drug-likeness (QED) is 0.855. The van der Waals surface area contributed by atoms with Gasteiger partial charge in [-0.3, -0.25) is 14.7 Å². The van der Waals surface area contributed by atoms with E-state index >= 15 is 0 Å². The first-order valence-electron chi connectivity index (χ1n) is 9.45. The van der Waals surface area contributed by atoms with E-state index in [0.29, 0.717) is 6.42 Å². The highest BCUT2D eigenvalue weighted by molar-refractivity contribution is 5.81. The van der Waals surface area contributed by atoms with Crippen molar-refractivity contribution in [1.29, 1.82) is 0 Å². The highest BCUT2D eigenvalue weighted by Gasteiger charge is 2.60. The van der Waals surface area contributed by atoms with Gasteiger partial charge in [-0.1, -0.05) is 30.3 Å². The smallest absolute Gasteiger partial charge is 0.226 e. The summed E-state index contributed by atoms with van der Waals surface area (Å²) in [6, 6.07) is 14.8. The molecule has 5 nitrogen and oxygen atoms in total. The number of rotatable bonds is 3. The molecule has 1 aromatic carbocycles. The number of nitrogens with zero attached hydrogens (tertiary/aromatic N) is 3. The van der Waals surface area contributed by atoms with Crippen LogP contribution in [-0.2, 0) is 16.1 Å². The van der Waals surface area contributed by atoms with Crippen molar-refractivity contribution in [3.8, 4) is 11.3 Å². The van der Waals surface area contributed by atoms with Crippen LogP contribution in [0, 0.1) is 0 Å². The lowest BCUT2D eigenvalue weighted by atomic mass is 10.0. The van der Waals surface area contributed by atoms with Crippen molar-refractivity contribution in [2.75, 3.05) is 19.7 Å². The minimum Gasteiger partial charge on any atom is -0.354 e. The minimum absolute atomic E-state index is 0.186. The van der Waals surface area contributed by atoms with Crippen molar-refractivity contribution in [3.63, 3.8) is 0 Å². The highest BCUT2D eigenvalue weighted by Crippen LogP contribution is 2.45. The summed E-state index contributed by atoms with van der Waals surface area (Å²) in [6.07, 6.45) is 4.29. The third-order valence-corrected chi connectivity index (χ3v) is 6.02. The molecule has 0 unspecified atom stereocenters. The Kier molecular flexibility index (Phi) is 3.80. The van der Waals surface area contributed by atoms with E-state index in [1.165, 1.54) is 5.56 Å². The molecule has 3 fully saturated rings. The molecule has 0 N–H and O–H groups in total. The summed E-state index contributed by atoms with van der Waals surface area (Å²) in [6.45, 7) is 3.46. The van der Waals surface area contributed by atoms with Gasteiger partial charge in [-0.25, -0.2) is 0 Å². The third-order valence-electron chi connectivity index (χ3n) is 6.02. The Morgan fingerprint density at radius 1 is 1.15 bits per heavy atom. The zero-order chi connectivity index (χ0) is 17.6. The molecule has 1 spiro atoms. The number of benzene rings is 1. The molecular formula is C21H23N3O2. The summed E-state index contributed by atoms with van der Waals surface area (Å²) >= 11 is 0. The number of hydrogen-bond acceptors (Lipinski definition) is 4. The van der Waals surface area contributed by atoms with Crippen molar-refractivity contribution in [1.82, 2.24) is 14.8 Å². The Hall–Kier alpha value is -2.24. The monoisotopic (exact) mass is 349 g/mol. The van der Waals surface area contributed by atoms with Gasteiger partial charge in [0.1, 0.15) is 0 Å². The van der Waals surface area contributed by atoms with Crippen LogP contribution in [0.3, 0.4) is 0 Å². The molecule has 3 aliphatic rings. The Labute approximate surface area is 153 Å². The Morgan fingerprint density at radius 3 is 2.85 bits per heavy atom. The van der Waals surface area contributed by atoms with Crippen molar-refractivity contribution in [3.05, 3.63) is 54.2 Å². The van der Waals surface area contributed by atoms with Crippen LogP contribution < -0.4 is 0 Å². The predicted octanol–water partition coefficient (Wildman–Crippen LogP) is 2.67. The fourth-order valence-electron chi connectivity index (χ4n) is 4.77. The van der Waals surface area contributed by atoms with E-state index < -0.39 is 0 Å². The zero-order valence-electron chi connectivity index (χ0n) is 14.8. The number of ether oxygens (including phenoxy) is 1. The second-order valence-electron chi connectivity index (χ2n) is 7.44. The van der Waals surface area contributed by atoms with Crippen LogP contribution in [0.5, 0.6) is 0 Å². The standard InChI is InChI=1S/C21H23N3O2/c25-20-14-19-21(24(20)11-3-13-26-21)9-12-23(19)15-16-5-7-17(8-6-16)18-4-1-2-10-22-18/h1-2,4-8,10,19H,3,9,11-15H2/t19-,21+/m1/s1. The molecule has 2 aromatic rings. The van der Waals surface area contributed by atoms with Gasteiger partial charge in [0.25, 0.3) is 0 Å². The van der Waals surface area contributed by atoms with E-state index in [0.717, 1.165) is 50.3 Å². The normalized spacial score (nSPS) is 28.2. The van der Waals surface area contributed by atoms with Gasteiger partial charge in [0.2, 0.25) is 5.91 Å². The van der Waals surface area contributed by atoms with Crippen LogP contribution in [0.2, 0.25) is 0 Å². The van der Waals surface area contributed by atoms with Gasteiger partial charge in [-0.05, 0) is 24.1 Å². The molecule has 3 aliphatic heterocycles. The first-order valence-corrected chi connectivity index (χ1v) is 9.45. The summed E-state index contributed by atoms with van der Waals surface area (Å²) < 4.78 is 6.18. The summed E-state index contributed by atoms with van der Waals surface area (Å²) in [5.74, 6) is 0.255. The largest absolute Gasteiger partial charge is 0.354 e.